The SMILES string of the molecule is COc1cc(F)ccc1OC(C)(C)C(=O)O.COc1cc(F)ccc1OC(C)(C)C(=O)O.O=C([O-])[O-].[K+].[K+]. The van der Waals surface area contributed by atoms with Gasteiger partial charge >= 0.3 is 115 Å². The molecular formula is C23H26F2K2O11. The van der Waals surface area contributed by atoms with Crippen molar-refractivity contribution >= 4 is 18.1 Å². The van der Waals surface area contributed by atoms with E-state index in [9.17, 15) is 18.4 Å². The molecule has 0 atom stereocenters. The van der Waals surface area contributed by atoms with Crippen LogP contribution in [0.5, 0.6) is 23.0 Å². The molecule has 2 N–H and O–H groups in total. The first-order valence-corrected chi connectivity index (χ1v) is 9.86. The van der Waals surface area contributed by atoms with E-state index in [1.165, 1.54) is 66.2 Å². The molecule has 0 saturated heterocycles. The summed E-state index contributed by atoms with van der Waals surface area (Å²) in [7, 11) is 2.71. The maximum atomic E-state index is 12.9. The van der Waals surface area contributed by atoms with Crippen molar-refractivity contribution in [1.82, 2.24) is 0 Å². The minimum atomic E-state index is -2.33. The summed E-state index contributed by atoms with van der Waals surface area (Å²) in [6.45, 7) is 5.60. The van der Waals surface area contributed by atoms with Crippen LogP contribution < -0.4 is 132 Å². The Morgan fingerprint density at radius 3 is 1.16 bits per heavy atom. The van der Waals surface area contributed by atoms with Gasteiger partial charge in [-0.3, -0.25) is 0 Å². The van der Waals surface area contributed by atoms with Crippen molar-refractivity contribution in [2.45, 2.75) is 38.9 Å². The Bertz CT molecular complexity index is 982. The molecule has 11 nitrogen and oxygen atoms in total. The molecule has 0 heterocycles. The van der Waals surface area contributed by atoms with Crippen LogP contribution in [0.4, 0.5) is 13.6 Å². The molecule has 0 radical (unpaired) electrons. The number of carboxylic acid groups (broad SMARTS) is 4. The first-order valence-electron chi connectivity index (χ1n) is 9.86. The van der Waals surface area contributed by atoms with Crippen molar-refractivity contribution in [3.63, 3.8) is 0 Å². The second-order valence-corrected chi connectivity index (χ2v) is 7.68. The number of benzene rings is 2. The maximum Gasteiger partial charge on any atom is 1.00 e. The zero-order valence-electron chi connectivity index (χ0n) is 22.3. The largest absolute Gasteiger partial charge is 1.00 e. The Labute approximate surface area is 303 Å². The molecule has 2 rings (SSSR count). The molecule has 0 aromatic heterocycles. The zero-order valence-corrected chi connectivity index (χ0v) is 28.5. The van der Waals surface area contributed by atoms with E-state index in [0.29, 0.717) is 0 Å². The molecular weight excluding hydrogens is 568 g/mol. The number of carbonyl (C=O) groups is 3. The van der Waals surface area contributed by atoms with E-state index in [1.54, 1.807) is 0 Å². The van der Waals surface area contributed by atoms with Crippen LogP contribution in [0, 0.1) is 11.6 Å². The summed E-state index contributed by atoms with van der Waals surface area (Å²) in [4.78, 5) is 30.0. The van der Waals surface area contributed by atoms with Crippen LogP contribution in [-0.4, -0.2) is 53.7 Å². The van der Waals surface area contributed by atoms with E-state index < -0.39 is 40.9 Å². The predicted molar refractivity (Wildman–Crippen MR) is 116 cm³/mol. The third kappa shape index (κ3) is 15.5. The monoisotopic (exact) mass is 594 g/mol. The molecule has 200 valence electrons. The number of hydrogen-bond donors (Lipinski definition) is 2. The topological polar surface area (TPSA) is 175 Å². The number of carbonyl (C=O) groups excluding carboxylic acids is 1. The van der Waals surface area contributed by atoms with Crippen molar-refractivity contribution in [3.8, 4) is 23.0 Å². The smallest absolute Gasteiger partial charge is 0.652 e. The standard InChI is InChI=1S/2C11H13FO4.CH2O3.2K/c2*1-11(2,10(13)14)16-8-5-4-7(12)6-9(8)15-3;2-1(3)4;;/h2*4-6H,1-3H3,(H,13,14);(H2,2,3,4);;/q;;;2*+1/p-2. The van der Waals surface area contributed by atoms with Crippen molar-refractivity contribution in [2.75, 3.05) is 14.2 Å². The Morgan fingerprint density at radius 1 is 0.684 bits per heavy atom. The maximum absolute atomic E-state index is 12.9. The third-order valence-corrected chi connectivity index (χ3v) is 4.01. The normalized spacial score (nSPS) is 9.89. The first-order chi connectivity index (χ1) is 16.5. The summed E-state index contributed by atoms with van der Waals surface area (Å²) in [5.74, 6) is -2.47. The van der Waals surface area contributed by atoms with Crippen LogP contribution in [0.25, 0.3) is 0 Å². The molecule has 0 aliphatic rings. The zero-order chi connectivity index (χ0) is 28.3. The van der Waals surface area contributed by atoms with Gasteiger partial charge < -0.3 is 44.2 Å². The van der Waals surface area contributed by atoms with Crippen LogP contribution in [0.1, 0.15) is 27.7 Å². The summed E-state index contributed by atoms with van der Waals surface area (Å²) in [6, 6.07) is 7.28. The molecule has 0 aliphatic carbocycles. The van der Waals surface area contributed by atoms with Gasteiger partial charge in [0.15, 0.2) is 34.2 Å². The number of ether oxygens (including phenoxy) is 4. The summed E-state index contributed by atoms with van der Waals surface area (Å²) >= 11 is 0. The number of aliphatic carboxylic acids is 2. The molecule has 0 bridgehead atoms. The van der Waals surface area contributed by atoms with Crippen molar-refractivity contribution in [3.05, 3.63) is 48.0 Å². The molecule has 2 aromatic carbocycles. The van der Waals surface area contributed by atoms with Crippen LogP contribution in [0.15, 0.2) is 36.4 Å². The average molecular weight is 595 g/mol. The van der Waals surface area contributed by atoms with Gasteiger partial charge in [-0.2, -0.15) is 0 Å². The summed E-state index contributed by atoms with van der Waals surface area (Å²) < 4.78 is 46.0. The van der Waals surface area contributed by atoms with Gasteiger partial charge in [-0.25, -0.2) is 18.4 Å². The second kappa shape index (κ2) is 19.1. The summed E-state index contributed by atoms with van der Waals surface area (Å²) in [5.41, 5.74) is -2.80. The molecule has 0 fully saturated rings. The van der Waals surface area contributed by atoms with E-state index in [0.717, 1.165) is 12.1 Å². The van der Waals surface area contributed by atoms with Gasteiger partial charge in [-0.15, -0.1) is 0 Å². The Morgan fingerprint density at radius 2 is 0.947 bits per heavy atom. The molecule has 0 unspecified atom stereocenters. The fourth-order valence-corrected chi connectivity index (χ4v) is 2.09. The van der Waals surface area contributed by atoms with Gasteiger partial charge in [-0.1, -0.05) is 0 Å². The fraction of sp³-hybridized carbons (Fsp3) is 0.348. The van der Waals surface area contributed by atoms with E-state index in [2.05, 4.69) is 0 Å². The average Bonchev–Trinajstić information content (AvgIpc) is 2.75. The molecule has 0 amide bonds. The quantitative estimate of drug-likeness (QED) is 0.283. The number of carboxylic acids is 2. The Hall–Kier alpha value is -1.02. The van der Waals surface area contributed by atoms with Crippen molar-refractivity contribution in [2.24, 2.45) is 0 Å². The molecule has 38 heavy (non-hydrogen) atoms. The molecule has 0 spiro atoms. The van der Waals surface area contributed by atoms with Crippen LogP contribution in [0.3, 0.4) is 0 Å². The molecule has 0 saturated carbocycles. The fourth-order valence-electron chi connectivity index (χ4n) is 2.09. The summed E-state index contributed by atoms with van der Waals surface area (Å²) in [5, 5.41) is 34.4. The van der Waals surface area contributed by atoms with Gasteiger partial charge in [0.1, 0.15) is 11.6 Å². The third-order valence-electron chi connectivity index (χ3n) is 4.01. The van der Waals surface area contributed by atoms with Crippen molar-refractivity contribution in [1.29, 1.82) is 0 Å². The van der Waals surface area contributed by atoms with Crippen molar-refractivity contribution < 1.29 is 165 Å². The Balaban J connectivity index is -0.000000540. The van der Waals surface area contributed by atoms with E-state index >= 15 is 0 Å². The summed E-state index contributed by atoms with van der Waals surface area (Å²) in [6.07, 6.45) is -2.33. The number of methoxy groups -OCH3 is 2. The van der Waals surface area contributed by atoms with Gasteiger partial charge in [0.2, 0.25) is 0 Å². The molecule has 0 aliphatic heterocycles. The molecule has 2 aromatic rings. The second-order valence-electron chi connectivity index (χ2n) is 7.68. The van der Waals surface area contributed by atoms with E-state index in [1.807, 2.05) is 0 Å². The predicted octanol–water partition coefficient (Wildman–Crippen LogP) is -4.29. The number of halogens is 2. The van der Waals surface area contributed by atoms with E-state index in [-0.39, 0.29) is 126 Å². The van der Waals surface area contributed by atoms with E-state index in [4.69, 9.17) is 44.2 Å². The number of rotatable bonds is 8. The van der Waals surface area contributed by atoms with Crippen LogP contribution in [0.2, 0.25) is 0 Å². The van der Waals surface area contributed by atoms with Gasteiger partial charge in [-0.05, 0) is 58.1 Å². The Kier molecular flexibility index (Phi) is 20.9. The van der Waals surface area contributed by atoms with Gasteiger partial charge in [0.25, 0.3) is 0 Å². The minimum absolute atomic E-state index is 0. The van der Waals surface area contributed by atoms with Gasteiger partial charge in [0, 0.05) is 12.1 Å². The minimum Gasteiger partial charge on any atom is -0.652 e. The number of hydrogen-bond acceptors (Lipinski definition) is 9. The first kappa shape index (κ1) is 41.5. The van der Waals surface area contributed by atoms with Gasteiger partial charge in [0.05, 0.1) is 14.2 Å². The molecule has 15 heteroatoms. The van der Waals surface area contributed by atoms with Crippen LogP contribution >= 0.6 is 0 Å². The van der Waals surface area contributed by atoms with Crippen LogP contribution in [-0.2, 0) is 9.59 Å².